The lowest BCUT2D eigenvalue weighted by atomic mass is 10.1. The SMILES string of the molecule is Cc1cnn(CCCNC(=O)c2cn(-c3ccccc3)nc2-c2ccccc2)c1. The number of nitrogens with one attached hydrogen (secondary N) is 1. The molecule has 2 aromatic carbocycles. The topological polar surface area (TPSA) is 64.7 Å². The third-order valence-electron chi connectivity index (χ3n) is 4.64. The van der Waals surface area contributed by atoms with Crippen molar-refractivity contribution in [2.75, 3.05) is 6.54 Å². The number of para-hydroxylation sites is 1. The maximum atomic E-state index is 12.9. The van der Waals surface area contributed by atoms with Gasteiger partial charge in [-0.3, -0.25) is 9.48 Å². The summed E-state index contributed by atoms with van der Waals surface area (Å²) < 4.78 is 3.65. The van der Waals surface area contributed by atoms with Gasteiger partial charge in [0, 0.05) is 31.0 Å². The van der Waals surface area contributed by atoms with E-state index in [-0.39, 0.29) is 5.91 Å². The van der Waals surface area contributed by atoms with Gasteiger partial charge < -0.3 is 5.32 Å². The Morgan fingerprint density at radius 1 is 1.00 bits per heavy atom. The van der Waals surface area contributed by atoms with Gasteiger partial charge in [-0.05, 0) is 31.0 Å². The quantitative estimate of drug-likeness (QED) is 0.491. The molecule has 1 N–H and O–H groups in total. The molecule has 0 atom stereocenters. The molecule has 0 unspecified atom stereocenters. The molecule has 0 spiro atoms. The molecule has 0 aliphatic heterocycles. The lowest BCUT2D eigenvalue weighted by Crippen LogP contribution is -2.25. The molecule has 6 heteroatoms. The molecule has 0 fully saturated rings. The second-order valence-electron chi connectivity index (χ2n) is 6.93. The van der Waals surface area contributed by atoms with Crippen molar-refractivity contribution in [1.29, 1.82) is 0 Å². The Kier molecular flexibility index (Phi) is 5.52. The smallest absolute Gasteiger partial charge is 0.255 e. The standard InChI is InChI=1S/C23H23N5O/c1-18-15-25-27(16-18)14-8-13-24-23(29)21-17-28(20-11-6-3-7-12-20)26-22(21)19-9-4-2-5-10-19/h2-7,9-12,15-17H,8,13-14H2,1H3,(H,24,29). The molecular formula is C23H23N5O. The summed E-state index contributed by atoms with van der Waals surface area (Å²) >= 11 is 0. The highest BCUT2D eigenvalue weighted by molar-refractivity contribution is 5.99. The van der Waals surface area contributed by atoms with Crippen LogP contribution < -0.4 is 5.32 Å². The molecule has 0 saturated heterocycles. The van der Waals surface area contributed by atoms with Gasteiger partial charge in [0.1, 0.15) is 5.69 Å². The first-order valence-corrected chi connectivity index (χ1v) is 9.68. The summed E-state index contributed by atoms with van der Waals surface area (Å²) in [6.45, 7) is 3.35. The van der Waals surface area contributed by atoms with Gasteiger partial charge in [-0.25, -0.2) is 4.68 Å². The Bertz CT molecular complexity index is 1080. The van der Waals surface area contributed by atoms with Crippen LogP contribution in [0.1, 0.15) is 22.3 Å². The summed E-state index contributed by atoms with van der Waals surface area (Å²) in [4.78, 5) is 12.9. The highest BCUT2D eigenvalue weighted by Gasteiger charge is 2.18. The van der Waals surface area contributed by atoms with E-state index in [1.54, 1.807) is 10.9 Å². The van der Waals surface area contributed by atoms with Crippen LogP contribution in [0.2, 0.25) is 0 Å². The van der Waals surface area contributed by atoms with Gasteiger partial charge in [-0.15, -0.1) is 0 Å². The summed E-state index contributed by atoms with van der Waals surface area (Å²) in [6, 6.07) is 19.6. The van der Waals surface area contributed by atoms with Crippen molar-refractivity contribution in [2.45, 2.75) is 19.9 Å². The first-order valence-electron chi connectivity index (χ1n) is 9.68. The molecule has 0 saturated carbocycles. The molecule has 0 aliphatic rings. The van der Waals surface area contributed by atoms with E-state index in [1.165, 1.54) is 0 Å². The molecule has 2 heterocycles. The average molecular weight is 385 g/mol. The van der Waals surface area contributed by atoms with Crippen LogP contribution in [0.4, 0.5) is 0 Å². The normalized spacial score (nSPS) is 10.8. The van der Waals surface area contributed by atoms with E-state index in [0.29, 0.717) is 17.8 Å². The molecule has 0 bridgehead atoms. The van der Waals surface area contributed by atoms with Crippen LogP contribution in [0.5, 0.6) is 0 Å². The van der Waals surface area contributed by atoms with E-state index in [4.69, 9.17) is 5.10 Å². The summed E-state index contributed by atoms with van der Waals surface area (Å²) in [7, 11) is 0. The fourth-order valence-corrected chi connectivity index (χ4v) is 3.19. The minimum Gasteiger partial charge on any atom is -0.352 e. The third-order valence-corrected chi connectivity index (χ3v) is 4.64. The van der Waals surface area contributed by atoms with E-state index >= 15 is 0 Å². The fraction of sp³-hybridized carbons (Fsp3) is 0.174. The lowest BCUT2D eigenvalue weighted by molar-refractivity contribution is 0.0953. The maximum absolute atomic E-state index is 12.9. The van der Waals surface area contributed by atoms with Crippen molar-refractivity contribution < 1.29 is 4.79 Å². The van der Waals surface area contributed by atoms with Gasteiger partial charge in [0.15, 0.2) is 0 Å². The Hall–Kier alpha value is -3.67. The molecule has 2 aromatic heterocycles. The number of aromatic nitrogens is 4. The minimum atomic E-state index is -0.123. The van der Waals surface area contributed by atoms with Gasteiger partial charge >= 0.3 is 0 Å². The molecule has 6 nitrogen and oxygen atoms in total. The van der Waals surface area contributed by atoms with Gasteiger partial charge in [-0.2, -0.15) is 10.2 Å². The van der Waals surface area contributed by atoms with Crippen LogP contribution in [-0.4, -0.2) is 32.0 Å². The van der Waals surface area contributed by atoms with Crippen LogP contribution in [0.25, 0.3) is 16.9 Å². The number of benzene rings is 2. The Morgan fingerprint density at radius 3 is 2.41 bits per heavy atom. The van der Waals surface area contributed by atoms with Crippen molar-refractivity contribution in [3.05, 3.63) is 90.4 Å². The number of carbonyl (C=O) groups excluding carboxylic acids is 1. The molecular weight excluding hydrogens is 362 g/mol. The number of aryl methyl sites for hydroxylation is 2. The number of hydrogen-bond acceptors (Lipinski definition) is 3. The highest BCUT2D eigenvalue weighted by Crippen LogP contribution is 2.23. The zero-order chi connectivity index (χ0) is 20.1. The van der Waals surface area contributed by atoms with Crippen LogP contribution in [-0.2, 0) is 6.54 Å². The largest absolute Gasteiger partial charge is 0.352 e. The number of hydrogen-bond donors (Lipinski definition) is 1. The van der Waals surface area contributed by atoms with Crippen molar-refractivity contribution in [3.63, 3.8) is 0 Å². The number of rotatable bonds is 7. The number of nitrogens with zero attached hydrogens (tertiary/aromatic N) is 4. The molecule has 0 aliphatic carbocycles. The predicted octanol–water partition coefficient (Wildman–Crippen LogP) is 3.86. The summed E-state index contributed by atoms with van der Waals surface area (Å²) in [6.07, 6.45) is 6.44. The molecule has 4 aromatic rings. The first-order chi connectivity index (χ1) is 14.2. The molecule has 29 heavy (non-hydrogen) atoms. The van der Waals surface area contributed by atoms with Gasteiger partial charge in [0.05, 0.1) is 17.4 Å². The second kappa shape index (κ2) is 8.56. The van der Waals surface area contributed by atoms with Gasteiger partial charge in [0.25, 0.3) is 5.91 Å². The molecule has 146 valence electrons. The predicted molar refractivity (Wildman–Crippen MR) is 113 cm³/mol. The second-order valence-corrected chi connectivity index (χ2v) is 6.93. The summed E-state index contributed by atoms with van der Waals surface area (Å²) in [5.41, 5.74) is 4.21. The van der Waals surface area contributed by atoms with Crippen molar-refractivity contribution in [3.8, 4) is 16.9 Å². The van der Waals surface area contributed by atoms with Gasteiger partial charge in [-0.1, -0.05) is 48.5 Å². The third kappa shape index (κ3) is 4.43. The highest BCUT2D eigenvalue weighted by atomic mass is 16.1. The first kappa shape index (κ1) is 18.7. The van der Waals surface area contributed by atoms with Crippen molar-refractivity contribution in [1.82, 2.24) is 24.9 Å². The Morgan fingerprint density at radius 2 is 1.72 bits per heavy atom. The van der Waals surface area contributed by atoms with Crippen LogP contribution in [0.3, 0.4) is 0 Å². The average Bonchev–Trinajstić information content (AvgIpc) is 3.39. The van der Waals surface area contributed by atoms with Crippen molar-refractivity contribution in [2.24, 2.45) is 0 Å². The minimum absolute atomic E-state index is 0.123. The van der Waals surface area contributed by atoms with E-state index in [1.807, 2.05) is 84.7 Å². The van der Waals surface area contributed by atoms with E-state index < -0.39 is 0 Å². The number of amides is 1. The van der Waals surface area contributed by atoms with Gasteiger partial charge in [0.2, 0.25) is 0 Å². The molecule has 4 rings (SSSR count). The van der Waals surface area contributed by atoms with Crippen LogP contribution >= 0.6 is 0 Å². The Labute approximate surface area is 169 Å². The number of carbonyl (C=O) groups is 1. The van der Waals surface area contributed by atoms with Crippen LogP contribution in [0.15, 0.2) is 79.3 Å². The Balaban J connectivity index is 1.51. The zero-order valence-electron chi connectivity index (χ0n) is 16.3. The van der Waals surface area contributed by atoms with E-state index in [2.05, 4.69) is 10.4 Å². The molecule has 0 radical (unpaired) electrons. The zero-order valence-corrected chi connectivity index (χ0v) is 16.3. The fourth-order valence-electron chi connectivity index (χ4n) is 3.19. The van der Waals surface area contributed by atoms with Crippen LogP contribution in [0, 0.1) is 6.92 Å². The molecule has 1 amide bonds. The monoisotopic (exact) mass is 385 g/mol. The summed E-state index contributed by atoms with van der Waals surface area (Å²) in [5, 5.41) is 12.0. The van der Waals surface area contributed by atoms with Crippen molar-refractivity contribution >= 4 is 5.91 Å². The lowest BCUT2D eigenvalue weighted by Gasteiger charge is -2.06. The maximum Gasteiger partial charge on any atom is 0.255 e. The van der Waals surface area contributed by atoms with E-state index in [0.717, 1.165) is 29.8 Å². The van der Waals surface area contributed by atoms with E-state index in [9.17, 15) is 4.79 Å². The summed E-state index contributed by atoms with van der Waals surface area (Å²) in [5.74, 6) is -0.123.